The van der Waals surface area contributed by atoms with Gasteiger partial charge in [0.15, 0.2) is 18.1 Å². The van der Waals surface area contributed by atoms with Gasteiger partial charge >= 0.3 is 0 Å². The predicted molar refractivity (Wildman–Crippen MR) is 58.8 cm³/mol. The molecule has 0 N–H and O–H groups in total. The van der Waals surface area contributed by atoms with E-state index in [9.17, 15) is 0 Å². The fourth-order valence-corrected chi connectivity index (χ4v) is 2.19. The summed E-state index contributed by atoms with van der Waals surface area (Å²) in [5, 5.41) is 0. The summed E-state index contributed by atoms with van der Waals surface area (Å²) in [5.74, 6) is 0.565. The van der Waals surface area contributed by atoms with Gasteiger partial charge in [0.05, 0.1) is 0 Å². The third-order valence-electron chi connectivity index (χ3n) is 1.43. The number of hydrogen-bond acceptors (Lipinski definition) is 2. The van der Waals surface area contributed by atoms with Crippen molar-refractivity contribution >= 4 is 18.1 Å². The van der Waals surface area contributed by atoms with Gasteiger partial charge in [-0.05, 0) is 26.2 Å². The molecule has 0 amide bonds. The van der Waals surface area contributed by atoms with Crippen LogP contribution in [-0.4, -0.2) is 31.3 Å². The lowest BCUT2D eigenvalue weighted by molar-refractivity contribution is 0.191. The molecule has 0 saturated heterocycles. The molecule has 0 heterocycles. The van der Waals surface area contributed by atoms with E-state index in [0.29, 0.717) is 5.92 Å². The normalized spacial score (nSPS) is 12.0. The van der Waals surface area contributed by atoms with Crippen molar-refractivity contribution < 1.29 is 8.85 Å². The summed E-state index contributed by atoms with van der Waals surface area (Å²) in [5.41, 5.74) is 0. The first kappa shape index (κ1) is 12.4. The van der Waals surface area contributed by atoms with Crippen molar-refractivity contribution in [2.75, 3.05) is 13.2 Å². The molecule has 0 unspecified atom stereocenters. The molecule has 0 rings (SSSR count). The maximum absolute atomic E-state index is 5.61. The Morgan fingerprint density at radius 3 is 1.50 bits per heavy atom. The monoisotopic (exact) mass is 206 g/mol. The van der Waals surface area contributed by atoms with E-state index < -0.39 is 18.1 Å². The first-order chi connectivity index (χ1) is 5.52. The lowest BCUT2D eigenvalue weighted by atomic mass is 10.2. The molecular weight excluding hydrogens is 184 g/mol. The summed E-state index contributed by atoms with van der Waals surface area (Å²) in [7, 11) is -1.64. The van der Waals surface area contributed by atoms with Gasteiger partial charge in [0.2, 0.25) is 0 Å². The molecule has 0 aromatic heterocycles. The molecule has 12 heavy (non-hydrogen) atoms. The SMILES string of the molecule is CC(CO[SiH](C)C)CO[SiH](C)C. The third-order valence-corrected chi connectivity index (χ3v) is 3.15. The van der Waals surface area contributed by atoms with Crippen molar-refractivity contribution in [3.63, 3.8) is 0 Å². The number of rotatable bonds is 6. The minimum atomic E-state index is -0.820. The summed E-state index contributed by atoms with van der Waals surface area (Å²) in [6, 6.07) is 0. The summed E-state index contributed by atoms with van der Waals surface area (Å²) >= 11 is 0. The topological polar surface area (TPSA) is 18.5 Å². The molecular formula is C8H22O2Si2. The van der Waals surface area contributed by atoms with Crippen LogP contribution in [0.4, 0.5) is 0 Å². The zero-order valence-corrected chi connectivity index (χ0v) is 11.3. The highest BCUT2D eigenvalue weighted by atomic mass is 28.3. The van der Waals surface area contributed by atoms with E-state index >= 15 is 0 Å². The number of hydrogen-bond donors (Lipinski definition) is 0. The largest absolute Gasteiger partial charge is 0.420 e. The van der Waals surface area contributed by atoms with Crippen molar-refractivity contribution in [2.24, 2.45) is 5.92 Å². The standard InChI is InChI=1S/C8H22O2Si2/c1-8(6-9-11(2)3)7-10-12(4)5/h8,11-12H,6-7H2,1-5H3. The zero-order valence-electron chi connectivity index (χ0n) is 8.96. The quantitative estimate of drug-likeness (QED) is 0.615. The maximum Gasteiger partial charge on any atom is 0.170 e. The first-order valence-electron chi connectivity index (χ1n) is 4.75. The Morgan fingerprint density at radius 2 is 1.25 bits per heavy atom. The van der Waals surface area contributed by atoms with Crippen LogP contribution in [0.15, 0.2) is 0 Å². The van der Waals surface area contributed by atoms with E-state index in [4.69, 9.17) is 8.85 Å². The molecule has 74 valence electrons. The van der Waals surface area contributed by atoms with Crippen molar-refractivity contribution in [3.05, 3.63) is 0 Å². The van der Waals surface area contributed by atoms with E-state index in [1.54, 1.807) is 0 Å². The van der Waals surface area contributed by atoms with Gasteiger partial charge in [-0.25, -0.2) is 0 Å². The molecule has 0 aromatic rings. The predicted octanol–water partition coefficient (Wildman–Crippen LogP) is 1.62. The molecule has 0 aliphatic heterocycles. The maximum atomic E-state index is 5.61. The highest BCUT2D eigenvalue weighted by Gasteiger charge is 2.05. The summed E-state index contributed by atoms with van der Waals surface area (Å²) in [6.07, 6.45) is 0. The molecule has 4 heteroatoms. The van der Waals surface area contributed by atoms with Crippen LogP contribution in [0.5, 0.6) is 0 Å². The smallest absolute Gasteiger partial charge is 0.170 e. The summed E-state index contributed by atoms with van der Waals surface area (Å²) in [4.78, 5) is 0. The second-order valence-electron chi connectivity index (χ2n) is 3.87. The Bertz CT molecular complexity index is 95.2. The van der Waals surface area contributed by atoms with Crippen LogP contribution in [0.3, 0.4) is 0 Å². The van der Waals surface area contributed by atoms with Crippen molar-refractivity contribution in [3.8, 4) is 0 Å². The molecule has 0 radical (unpaired) electrons. The Balaban J connectivity index is 3.27. The molecule has 0 fully saturated rings. The highest BCUT2D eigenvalue weighted by molar-refractivity contribution is 6.48. The second kappa shape index (κ2) is 6.83. The van der Waals surface area contributed by atoms with Crippen LogP contribution in [0, 0.1) is 5.92 Å². The van der Waals surface area contributed by atoms with Crippen LogP contribution in [-0.2, 0) is 8.85 Å². The Kier molecular flexibility index (Phi) is 7.03. The molecule has 0 aliphatic rings. The van der Waals surface area contributed by atoms with Gasteiger partial charge < -0.3 is 8.85 Å². The van der Waals surface area contributed by atoms with E-state index in [1.807, 2.05) is 0 Å². The van der Waals surface area contributed by atoms with Crippen LogP contribution in [0.2, 0.25) is 26.2 Å². The van der Waals surface area contributed by atoms with E-state index in [0.717, 1.165) is 13.2 Å². The molecule has 0 aromatic carbocycles. The molecule has 0 spiro atoms. The van der Waals surface area contributed by atoms with Gasteiger partial charge in [0.25, 0.3) is 0 Å². The second-order valence-corrected chi connectivity index (χ2v) is 8.73. The lowest BCUT2D eigenvalue weighted by Crippen LogP contribution is -2.21. The van der Waals surface area contributed by atoms with Crippen LogP contribution in [0.25, 0.3) is 0 Å². The molecule has 0 saturated carbocycles. The molecule has 2 nitrogen and oxygen atoms in total. The van der Waals surface area contributed by atoms with Crippen molar-refractivity contribution in [1.29, 1.82) is 0 Å². The van der Waals surface area contributed by atoms with Gasteiger partial charge in [-0.2, -0.15) is 0 Å². The molecule has 0 aliphatic carbocycles. The summed E-state index contributed by atoms with van der Waals surface area (Å²) in [6.45, 7) is 12.7. The minimum absolute atomic E-state index is 0.565. The van der Waals surface area contributed by atoms with E-state index in [-0.39, 0.29) is 0 Å². The van der Waals surface area contributed by atoms with Gasteiger partial charge in [0, 0.05) is 19.1 Å². The van der Waals surface area contributed by atoms with Crippen molar-refractivity contribution in [1.82, 2.24) is 0 Å². The molecule has 0 bridgehead atoms. The first-order valence-corrected chi connectivity index (χ1v) is 10.3. The van der Waals surface area contributed by atoms with Crippen LogP contribution < -0.4 is 0 Å². The summed E-state index contributed by atoms with van der Waals surface area (Å²) < 4.78 is 11.2. The van der Waals surface area contributed by atoms with E-state index in [1.165, 1.54) is 0 Å². The Morgan fingerprint density at radius 1 is 0.917 bits per heavy atom. The average molecular weight is 206 g/mol. The van der Waals surface area contributed by atoms with Gasteiger partial charge in [-0.15, -0.1) is 0 Å². The molecule has 0 atom stereocenters. The Labute approximate surface area is 79.7 Å². The van der Waals surface area contributed by atoms with Gasteiger partial charge in [-0.3, -0.25) is 0 Å². The van der Waals surface area contributed by atoms with Crippen LogP contribution in [0.1, 0.15) is 6.92 Å². The zero-order chi connectivity index (χ0) is 9.56. The fourth-order valence-electron chi connectivity index (χ4n) is 0.762. The third kappa shape index (κ3) is 8.45. The fraction of sp³-hybridized carbons (Fsp3) is 1.00. The van der Waals surface area contributed by atoms with E-state index in [2.05, 4.69) is 33.1 Å². The minimum Gasteiger partial charge on any atom is -0.420 e. The van der Waals surface area contributed by atoms with Crippen LogP contribution >= 0.6 is 0 Å². The Hall–Kier alpha value is 0.354. The van der Waals surface area contributed by atoms with Gasteiger partial charge in [-0.1, -0.05) is 6.92 Å². The highest BCUT2D eigenvalue weighted by Crippen LogP contribution is 1.99. The van der Waals surface area contributed by atoms with Crippen molar-refractivity contribution in [2.45, 2.75) is 33.1 Å². The lowest BCUT2D eigenvalue weighted by Gasteiger charge is -2.15. The van der Waals surface area contributed by atoms with Gasteiger partial charge in [0.1, 0.15) is 0 Å². The average Bonchev–Trinajstić information content (AvgIpc) is 1.96.